The van der Waals surface area contributed by atoms with Crippen LogP contribution in [0.1, 0.15) is 16.9 Å². The maximum Gasteiger partial charge on any atom is 0.293 e. The molecule has 0 saturated carbocycles. The monoisotopic (exact) mass is 416 g/mol. The number of nitrogens with one attached hydrogen (secondary N) is 1. The van der Waals surface area contributed by atoms with Crippen LogP contribution in [0.3, 0.4) is 0 Å². The van der Waals surface area contributed by atoms with Crippen LogP contribution in [0.2, 0.25) is 0 Å². The molecule has 1 aromatic heterocycles. The van der Waals surface area contributed by atoms with E-state index in [0.717, 1.165) is 27.1 Å². The van der Waals surface area contributed by atoms with Gasteiger partial charge in [-0.05, 0) is 41.3 Å². The SMILES string of the molecule is O=C(CCN1C(=O)SC(=Cc2cccs2)C1=O)N[C@@H](CO)Cc1ccccc1. The Balaban J connectivity index is 1.52. The first-order chi connectivity index (χ1) is 13.6. The molecule has 0 spiro atoms. The number of hydrogen-bond acceptors (Lipinski definition) is 6. The van der Waals surface area contributed by atoms with Crippen molar-refractivity contribution in [1.29, 1.82) is 0 Å². The molecule has 1 aromatic carbocycles. The van der Waals surface area contributed by atoms with E-state index in [1.807, 2.05) is 47.8 Å². The smallest absolute Gasteiger partial charge is 0.293 e. The molecule has 3 amide bonds. The van der Waals surface area contributed by atoms with Crippen molar-refractivity contribution in [3.05, 3.63) is 63.2 Å². The molecule has 0 aliphatic carbocycles. The van der Waals surface area contributed by atoms with Crippen molar-refractivity contribution in [2.24, 2.45) is 0 Å². The number of carbonyl (C=O) groups excluding carboxylic acids is 3. The average molecular weight is 417 g/mol. The maximum atomic E-state index is 12.4. The summed E-state index contributed by atoms with van der Waals surface area (Å²) in [4.78, 5) is 39.1. The van der Waals surface area contributed by atoms with E-state index >= 15 is 0 Å². The van der Waals surface area contributed by atoms with E-state index in [-0.39, 0.29) is 36.6 Å². The maximum absolute atomic E-state index is 12.4. The lowest BCUT2D eigenvalue weighted by atomic mass is 10.1. The zero-order valence-corrected chi connectivity index (χ0v) is 16.7. The van der Waals surface area contributed by atoms with Crippen LogP contribution < -0.4 is 5.32 Å². The van der Waals surface area contributed by atoms with Crippen molar-refractivity contribution in [3.63, 3.8) is 0 Å². The van der Waals surface area contributed by atoms with Crippen molar-refractivity contribution in [2.75, 3.05) is 13.2 Å². The van der Waals surface area contributed by atoms with Crippen molar-refractivity contribution in [1.82, 2.24) is 10.2 Å². The van der Waals surface area contributed by atoms with Gasteiger partial charge in [0, 0.05) is 17.8 Å². The lowest BCUT2D eigenvalue weighted by Gasteiger charge is -2.18. The molecule has 0 unspecified atom stereocenters. The van der Waals surface area contributed by atoms with Crippen LogP contribution in [-0.2, 0) is 16.0 Å². The first kappa shape index (κ1) is 20.3. The minimum atomic E-state index is -0.413. The van der Waals surface area contributed by atoms with E-state index in [1.165, 1.54) is 11.3 Å². The molecule has 0 bridgehead atoms. The van der Waals surface area contributed by atoms with Crippen molar-refractivity contribution in [3.8, 4) is 0 Å². The summed E-state index contributed by atoms with van der Waals surface area (Å²) >= 11 is 2.37. The van der Waals surface area contributed by atoms with Gasteiger partial charge >= 0.3 is 0 Å². The normalized spacial score (nSPS) is 16.6. The summed E-state index contributed by atoms with van der Waals surface area (Å²) in [6.45, 7) is -0.173. The molecule has 1 saturated heterocycles. The molecule has 2 aromatic rings. The van der Waals surface area contributed by atoms with E-state index in [2.05, 4.69) is 5.32 Å². The van der Waals surface area contributed by atoms with Crippen LogP contribution in [0.15, 0.2) is 52.7 Å². The summed E-state index contributed by atoms with van der Waals surface area (Å²) in [5, 5.41) is 13.8. The Labute approximate surface area is 171 Å². The number of benzene rings is 1. The van der Waals surface area contributed by atoms with Gasteiger partial charge in [-0.2, -0.15) is 0 Å². The Hall–Kier alpha value is -2.42. The summed E-state index contributed by atoms with van der Waals surface area (Å²) < 4.78 is 0. The number of carbonyl (C=O) groups is 3. The zero-order chi connectivity index (χ0) is 19.9. The molecule has 2 heterocycles. The van der Waals surface area contributed by atoms with Gasteiger partial charge in [-0.15, -0.1) is 11.3 Å². The van der Waals surface area contributed by atoms with Gasteiger partial charge in [0.05, 0.1) is 17.6 Å². The predicted molar refractivity (Wildman–Crippen MR) is 111 cm³/mol. The third kappa shape index (κ3) is 5.31. The number of nitrogens with zero attached hydrogens (tertiary/aromatic N) is 1. The zero-order valence-electron chi connectivity index (χ0n) is 15.0. The van der Waals surface area contributed by atoms with Gasteiger partial charge < -0.3 is 10.4 Å². The van der Waals surface area contributed by atoms with Gasteiger partial charge in [-0.25, -0.2) is 0 Å². The highest BCUT2D eigenvalue weighted by molar-refractivity contribution is 8.18. The fourth-order valence-electron chi connectivity index (χ4n) is 2.77. The second-order valence-electron chi connectivity index (χ2n) is 6.24. The van der Waals surface area contributed by atoms with Crippen LogP contribution >= 0.6 is 23.1 Å². The molecule has 2 N–H and O–H groups in total. The number of thioether (sulfide) groups is 1. The number of aliphatic hydroxyl groups excluding tert-OH is 1. The summed E-state index contributed by atoms with van der Waals surface area (Å²) in [6, 6.07) is 12.9. The Kier molecular flexibility index (Phi) is 7.02. The molecule has 8 heteroatoms. The number of thiophene rings is 1. The average Bonchev–Trinajstić information content (AvgIpc) is 3.29. The van der Waals surface area contributed by atoms with Gasteiger partial charge in [0.1, 0.15) is 0 Å². The third-order valence-electron chi connectivity index (χ3n) is 4.16. The van der Waals surface area contributed by atoms with Crippen LogP contribution in [0.5, 0.6) is 0 Å². The summed E-state index contributed by atoms with van der Waals surface area (Å²) in [6.07, 6.45) is 2.20. The van der Waals surface area contributed by atoms with Crippen molar-refractivity contribution in [2.45, 2.75) is 18.9 Å². The highest BCUT2D eigenvalue weighted by atomic mass is 32.2. The number of imide groups is 1. The molecule has 6 nitrogen and oxygen atoms in total. The fraction of sp³-hybridized carbons (Fsp3) is 0.250. The van der Waals surface area contributed by atoms with Crippen molar-refractivity contribution >= 4 is 46.2 Å². The molecular formula is C20H20N2O4S2. The predicted octanol–water partition coefficient (Wildman–Crippen LogP) is 2.89. The highest BCUT2D eigenvalue weighted by Crippen LogP contribution is 2.32. The third-order valence-corrected chi connectivity index (χ3v) is 5.89. The number of hydrogen-bond donors (Lipinski definition) is 2. The molecule has 1 aliphatic rings. The molecule has 146 valence electrons. The van der Waals surface area contributed by atoms with Crippen LogP contribution in [0, 0.1) is 0 Å². The molecule has 1 aliphatic heterocycles. The first-order valence-electron chi connectivity index (χ1n) is 8.80. The Morgan fingerprint density at radius 3 is 2.64 bits per heavy atom. The topological polar surface area (TPSA) is 86.7 Å². The van der Waals surface area contributed by atoms with Crippen molar-refractivity contribution < 1.29 is 19.5 Å². The Morgan fingerprint density at radius 2 is 1.96 bits per heavy atom. The molecule has 1 atom stereocenters. The first-order valence-corrected chi connectivity index (χ1v) is 10.5. The van der Waals surface area contributed by atoms with Gasteiger partial charge in [-0.1, -0.05) is 36.4 Å². The largest absolute Gasteiger partial charge is 0.394 e. The number of amides is 3. The van der Waals surface area contributed by atoms with Gasteiger partial charge in [0.15, 0.2) is 0 Å². The lowest BCUT2D eigenvalue weighted by molar-refractivity contribution is -0.124. The summed E-state index contributed by atoms with van der Waals surface area (Å²) in [5.41, 5.74) is 1.01. The second-order valence-corrected chi connectivity index (χ2v) is 8.21. The standard InChI is InChI=1S/C20H20N2O4S2/c23-13-15(11-14-5-2-1-3-6-14)21-18(24)8-9-22-19(25)17(28-20(22)26)12-16-7-4-10-27-16/h1-7,10,12,15,23H,8-9,11,13H2,(H,21,24)/t15-/m1/s1. The number of aliphatic hydroxyl groups is 1. The van der Waals surface area contributed by atoms with Gasteiger partial charge in [0.25, 0.3) is 11.1 Å². The second kappa shape index (κ2) is 9.68. The molecule has 0 radical (unpaired) electrons. The summed E-state index contributed by atoms with van der Waals surface area (Å²) in [5.74, 6) is -0.685. The summed E-state index contributed by atoms with van der Waals surface area (Å²) in [7, 11) is 0. The fourth-order valence-corrected chi connectivity index (χ4v) is 4.36. The Bertz CT molecular complexity index is 866. The Morgan fingerprint density at radius 1 is 1.18 bits per heavy atom. The van der Waals surface area contributed by atoms with Crippen LogP contribution in [0.25, 0.3) is 6.08 Å². The van der Waals surface area contributed by atoms with E-state index in [4.69, 9.17) is 0 Å². The quantitative estimate of drug-likeness (QED) is 0.646. The van der Waals surface area contributed by atoms with Crippen LogP contribution in [0.4, 0.5) is 4.79 Å². The molecule has 3 rings (SSSR count). The van der Waals surface area contributed by atoms with E-state index in [1.54, 1.807) is 6.08 Å². The minimum absolute atomic E-state index is 0.00435. The van der Waals surface area contributed by atoms with Gasteiger partial charge in [0.2, 0.25) is 5.91 Å². The van der Waals surface area contributed by atoms with E-state index in [9.17, 15) is 19.5 Å². The lowest BCUT2D eigenvalue weighted by Crippen LogP contribution is -2.41. The minimum Gasteiger partial charge on any atom is -0.394 e. The number of rotatable bonds is 8. The highest BCUT2D eigenvalue weighted by Gasteiger charge is 2.35. The molecular weight excluding hydrogens is 396 g/mol. The van der Waals surface area contributed by atoms with Gasteiger partial charge in [-0.3, -0.25) is 19.3 Å². The van der Waals surface area contributed by atoms with Crippen LogP contribution in [-0.4, -0.2) is 46.3 Å². The molecule has 1 fully saturated rings. The van der Waals surface area contributed by atoms with E-state index in [0.29, 0.717) is 11.3 Å². The van der Waals surface area contributed by atoms with E-state index < -0.39 is 6.04 Å². The molecule has 28 heavy (non-hydrogen) atoms.